The van der Waals surface area contributed by atoms with Crippen LogP contribution in [0.1, 0.15) is 105 Å². The van der Waals surface area contributed by atoms with Crippen LogP contribution in [-0.4, -0.2) is 36.3 Å². The molecule has 0 aliphatic heterocycles. The van der Waals surface area contributed by atoms with Crippen molar-refractivity contribution < 1.29 is 23.1 Å². The fourth-order valence-electron chi connectivity index (χ4n) is 6.54. The van der Waals surface area contributed by atoms with Crippen LogP contribution in [-0.2, 0) is 32.3 Å². The molecule has 0 bridgehead atoms. The lowest BCUT2D eigenvalue weighted by Gasteiger charge is -2.14. The number of sulfone groups is 1. The molecule has 1 aromatic heterocycles. The molecule has 0 fully saturated rings. The van der Waals surface area contributed by atoms with Gasteiger partial charge < -0.3 is 10.8 Å². The topological polar surface area (TPSA) is 127 Å². The van der Waals surface area contributed by atoms with E-state index < -0.39 is 21.1 Å². The van der Waals surface area contributed by atoms with Crippen molar-refractivity contribution in [3.05, 3.63) is 148 Å². The third-order valence-electron chi connectivity index (χ3n) is 9.65. The SMILES string of the molecule is CC(=O)[C@@H](N)Cc1ccc(C(C)C)cc1.CC(C)c1ccc2ccccc2c1CC(=O)O.Cc1cnc2c(c1)C(C(C)C)=CC2S(=O)(=O)c1ccccc1. The number of pyridine rings is 1. The smallest absolute Gasteiger partial charge is 0.307 e. The molecule has 284 valence electrons. The third kappa shape index (κ3) is 10.4. The minimum absolute atomic E-state index is 0.0444. The Morgan fingerprint density at radius 1 is 0.815 bits per heavy atom. The number of Topliss-reactive ketones (excluding diaryl/α,β-unsaturated/α-hetero) is 1. The van der Waals surface area contributed by atoms with Crippen molar-refractivity contribution in [1.29, 1.82) is 0 Å². The largest absolute Gasteiger partial charge is 0.481 e. The number of benzene rings is 4. The molecule has 7 nitrogen and oxygen atoms in total. The third-order valence-corrected chi connectivity index (χ3v) is 11.6. The van der Waals surface area contributed by atoms with Crippen LogP contribution in [0.4, 0.5) is 0 Å². The number of rotatable bonds is 10. The lowest BCUT2D eigenvalue weighted by atomic mass is 9.90. The van der Waals surface area contributed by atoms with Gasteiger partial charge in [-0.05, 0) is 100 Å². The fraction of sp³-hybridized carbons (Fsp3) is 0.326. The second-order valence-electron chi connectivity index (χ2n) is 14.9. The Hall–Kier alpha value is -4.92. The van der Waals surface area contributed by atoms with E-state index in [0.29, 0.717) is 28.8 Å². The minimum Gasteiger partial charge on any atom is -0.481 e. The Morgan fingerprint density at radius 2 is 1.44 bits per heavy atom. The van der Waals surface area contributed by atoms with Crippen LogP contribution in [0.2, 0.25) is 0 Å². The van der Waals surface area contributed by atoms with Crippen molar-refractivity contribution in [2.24, 2.45) is 11.7 Å². The van der Waals surface area contributed by atoms with E-state index in [1.54, 1.807) is 30.5 Å². The standard InChI is InChI=1S/C18H19NO2S.C15H16O2.C13H19NO/c1-12(2)15-10-17(18-16(15)9-13(3)11-19-18)22(20,21)14-7-5-4-6-8-14;1-10(2)12-8-7-11-5-3-4-6-13(11)14(12)9-15(16)17;1-9(2)12-6-4-11(5-7-12)8-13(14)10(3)15/h4-12,17H,1-3H3;3-8,10H,9H2,1-2H3,(H,16,17);4-7,9,13H,8,14H2,1-3H3/t;;13-/m..0/s1. The predicted molar refractivity (Wildman–Crippen MR) is 220 cm³/mol. The molecular weight excluding hydrogens is 693 g/mol. The summed E-state index contributed by atoms with van der Waals surface area (Å²) in [6, 6.07) is 30.6. The number of fused-ring (bicyclic) bond motifs is 2. The lowest BCUT2D eigenvalue weighted by Crippen LogP contribution is -2.30. The van der Waals surface area contributed by atoms with Crippen LogP contribution in [0, 0.1) is 12.8 Å². The first-order chi connectivity index (χ1) is 25.5. The van der Waals surface area contributed by atoms with Gasteiger partial charge in [-0.3, -0.25) is 14.6 Å². The highest BCUT2D eigenvalue weighted by atomic mass is 32.2. The number of aryl methyl sites for hydroxylation is 1. The van der Waals surface area contributed by atoms with Crippen LogP contribution in [0.15, 0.2) is 114 Å². The Bertz CT molecular complexity index is 2210. The Balaban J connectivity index is 0.000000185. The van der Waals surface area contributed by atoms with Crippen LogP contribution in [0.5, 0.6) is 0 Å². The first kappa shape index (κ1) is 41.8. The summed E-state index contributed by atoms with van der Waals surface area (Å²) in [6.07, 6.45) is 4.33. The predicted octanol–water partition coefficient (Wildman–Crippen LogP) is 9.82. The summed E-state index contributed by atoms with van der Waals surface area (Å²) in [5.41, 5.74) is 14.0. The molecule has 1 heterocycles. The summed E-state index contributed by atoms with van der Waals surface area (Å²) in [5, 5.41) is 10.5. The van der Waals surface area contributed by atoms with Gasteiger partial charge in [0, 0.05) is 11.8 Å². The molecule has 54 heavy (non-hydrogen) atoms. The maximum atomic E-state index is 13.0. The molecular formula is C46H54N2O5S. The van der Waals surface area contributed by atoms with Gasteiger partial charge in [-0.15, -0.1) is 0 Å². The molecule has 4 aromatic carbocycles. The van der Waals surface area contributed by atoms with Crippen molar-refractivity contribution in [3.63, 3.8) is 0 Å². The number of aromatic nitrogens is 1. The number of hydrogen-bond acceptors (Lipinski definition) is 6. The molecule has 0 saturated carbocycles. The molecule has 0 spiro atoms. The van der Waals surface area contributed by atoms with Gasteiger partial charge in [0.15, 0.2) is 9.84 Å². The van der Waals surface area contributed by atoms with Gasteiger partial charge in [-0.2, -0.15) is 0 Å². The molecule has 0 amide bonds. The number of allylic oxidation sites excluding steroid dienone is 1. The van der Waals surface area contributed by atoms with Gasteiger partial charge in [-0.1, -0.05) is 126 Å². The van der Waals surface area contributed by atoms with Crippen LogP contribution in [0.25, 0.3) is 16.3 Å². The molecule has 8 heteroatoms. The van der Waals surface area contributed by atoms with E-state index in [-0.39, 0.29) is 24.2 Å². The van der Waals surface area contributed by atoms with E-state index in [2.05, 4.69) is 76.9 Å². The number of carboxylic acids is 1. The Morgan fingerprint density at radius 3 is 2.02 bits per heavy atom. The zero-order valence-corrected chi connectivity index (χ0v) is 33.5. The second-order valence-corrected chi connectivity index (χ2v) is 17.0. The lowest BCUT2D eigenvalue weighted by molar-refractivity contribution is -0.136. The number of nitrogens with two attached hydrogens (primary N) is 1. The van der Waals surface area contributed by atoms with E-state index in [0.717, 1.165) is 44.2 Å². The summed E-state index contributed by atoms with van der Waals surface area (Å²) in [7, 11) is -3.47. The zero-order chi connectivity index (χ0) is 39.7. The molecule has 1 aliphatic carbocycles. The molecule has 1 aliphatic rings. The first-order valence-electron chi connectivity index (χ1n) is 18.6. The molecule has 6 rings (SSSR count). The molecule has 0 saturated heterocycles. The van der Waals surface area contributed by atoms with Crippen LogP contribution < -0.4 is 5.73 Å². The first-order valence-corrected chi connectivity index (χ1v) is 20.1. The number of aliphatic carboxylic acids is 1. The number of carboxylic acid groups (broad SMARTS) is 1. The average molecular weight is 747 g/mol. The van der Waals surface area contributed by atoms with E-state index in [9.17, 15) is 18.0 Å². The van der Waals surface area contributed by atoms with Gasteiger partial charge >= 0.3 is 5.97 Å². The second kappa shape index (κ2) is 18.4. The van der Waals surface area contributed by atoms with Crippen molar-refractivity contribution in [3.8, 4) is 0 Å². The Kier molecular flexibility index (Phi) is 14.3. The minimum atomic E-state index is -3.47. The maximum Gasteiger partial charge on any atom is 0.307 e. The number of nitrogens with zero attached hydrogens (tertiary/aromatic N) is 1. The molecule has 5 aromatic rings. The van der Waals surface area contributed by atoms with Gasteiger partial charge in [0.2, 0.25) is 0 Å². The highest BCUT2D eigenvalue weighted by Crippen LogP contribution is 2.43. The van der Waals surface area contributed by atoms with Crippen molar-refractivity contribution in [2.45, 2.75) is 96.3 Å². The summed E-state index contributed by atoms with van der Waals surface area (Å²) in [6.45, 7) is 16.2. The highest BCUT2D eigenvalue weighted by Gasteiger charge is 2.36. The van der Waals surface area contributed by atoms with E-state index in [1.165, 1.54) is 12.5 Å². The Labute approximate surface area is 321 Å². The quantitative estimate of drug-likeness (QED) is 0.146. The molecule has 2 atom stereocenters. The van der Waals surface area contributed by atoms with Crippen molar-refractivity contribution >= 4 is 37.9 Å². The molecule has 3 N–H and O–H groups in total. The van der Waals surface area contributed by atoms with Crippen molar-refractivity contribution in [2.75, 3.05) is 0 Å². The van der Waals surface area contributed by atoms with E-state index in [1.807, 2.05) is 55.5 Å². The van der Waals surface area contributed by atoms with Gasteiger partial charge in [0.25, 0.3) is 0 Å². The fourth-order valence-corrected chi connectivity index (χ4v) is 8.18. The van der Waals surface area contributed by atoms with Crippen LogP contribution >= 0.6 is 0 Å². The number of hydrogen-bond donors (Lipinski definition) is 2. The average Bonchev–Trinajstić information content (AvgIpc) is 3.52. The molecule has 1 unspecified atom stereocenters. The summed E-state index contributed by atoms with van der Waals surface area (Å²) in [5.74, 6) is 0.416. The number of carbonyl (C=O) groups excluding carboxylic acids is 1. The van der Waals surface area contributed by atoms with E-state index in [4.69, 9.17) is 10.8 Å². The summed E-state index contributed by atoms with van der Waals surface area (Å²) in [4.78, 5) is 26.8. The molecule has 0 radical (unpaired) electrons. The number of ketones is 1. The van der Waals surface area contributed by atoms with Crippen molar-refractivity contribution in [1.82, 2.24) is 4.98 Å². The van der Waals surface area contributed by atoms with E-state index >= 15 is 0 Å². The number of carbonyl (C=O) groups is 2. The monoisotopic (exact) mass is 746 g/mol. The zero-order valence-electron chi connectivity index (χ0n) is 32.7. The summed E-state index contributed by atoms with van der Waals surface area (Å²) >= 11 is 0. The summed E-state index contributed by atoms with van der Waals surface area (Å²) < 4.78 is 25.9. The normalized spacial score (nSPS) is 14.1. The highest BCUT2D eigenvalue weighted by molar-refractivity contribution is 7.91. The van der Waals surface area contributed by atoms with Gasteiger partial charge in [0.1, 0.15) is 11.0 Å². The maximum absolute atomic E-state index is 13.0. The van der Waals surface area contributed by atoms with Gasteiger partial charge in [-0.25, -0.2) is 8.42 Å². The van der Waals surface area contributed by atoms with Gasteiger partial charge in [0.05, 0.1) is 23.1 Å². The van der Waals surface area contributed by atoms with Crippen LogP contribution in [0.3, 0.4) is 0 Å².